The number of hydrogen-bond acceptors (Lipinski definition) is 4. The van der Waals surface area contributed by atoms with E-state index in [-0.39, 0.29) is 5.82 Å². The Morgan fingerprint density at radius 3 is 2.57 bits per heavy atom. The summed E-state index contributed by atoms with van der Waals surface area (Å²) in [6, 6.07) is 6.32. The van der Waals surface area contributed by atoms with Gasteiger partial charge in [0.05, 0.1) is 16.8 Å². The van der Waals surface area contributed by atoms with E-state index in [2.05, 4.69) is 17.1 Å². The summed E-state index contributed by atoms with van der Waals surface area (Å²) < 4.78 is 1.96. The molecule has 1 aliphatic rings. The third-order valence-corrected chi connectivity index (χ3v) is 4.15. The van der Waals surface area contributed by atoms with Crippen molar-refractivity contribution >= 4 is 23.0 Å². The first-order valence-electron chi connectivity index (χ1n) is 7.13. The first-order valence-corrected chi connectivity index (χ1v) is 7.13. The van der Waals surface area contributed by atoms with E-state index in [0.717, 1.165) is 27.8 Å². The van der Waals surface area contributed by atoms with Gasteiger partial charge in [-0.25, -0.2) is 4.98 Å². The monoisotopic (exact) mass is 301 g/mol. The Bertz CT molecular complexity index is 974. The van der Waals surface area contributed by atoms with E-state index < -0.39 is 0 Å². The molecule has 0 radical (unpaired) electrons. The Labute approximate surface area is 134 Å². The van der Waals surface area contributed by atoms with Crippen LogP contribution >= 0.6 is 0 Å². The topological polar surface area (TPSA) is 91.4 Å². The second-order valence-corrected chi connectivity index (χ2v) is 5.61. The molecular formula is C18H15N5. The maximum absolute atomic E-state index is 9.49. The molecule has 2 heterocycles. The van der Waals surface area contributed by atoms with Crippen LogP contribution in [-0.2, 0) is 7.05 Å². The summed E-state index contributed by atoms with van der Waals surface area (Å²) in [5.74, 6) is 0.172. The Kier molecular flexibility index (Phi) is 3.28. The van der Waals surface area contributed by atoms with Gasteiger partial charge in [-0.15, -0.1) is 0 Å². The van der Waals surface area contributed by atoms with Gasteiger partial charge in [-0.2, -0.15) is 10.5 Å². The van der Waals surface area contributed by atoms with Crippen molar-refractivity contribution in [3.63, 3.8) is 0 Å². The van der Waals surface area contributed by atoms with Gasteiger partial charge < -0.3 is 10.3 Å². The quantitative estimate of drug-likeness (QED) is 0.876. The highest BCUT2D eigenvalue weighted by atomic mass is 14.9. The van der Waals surface area contributed by atoms with Crippen molar-refractivity contribution in [2.24, 2.45) is 7.05 Å². The zero-order valence-electron chi connectivity index (χ0n) is 13.2. The van der Waals surface area contributed by atoms with Crippen molar-refractivity contribution in [2.75, 3.05) is 5.73 Å². The van der Waals surface area contributed by atoms with Gasteiger partial charge in [-0.1, -0.05) is 0 Å². The summed E-state index contributed by atoms with van der Waals surface area (Å²) in [6.07, 6.45) is 5.97. The van der Waals surface area contributed by atoms with E-state index in [9.17, 15) is 10.5 Å². The first-order chi connectivity index (χ1) is 11.0. The van der Waals surface area contributed by atoms with Crippen LogP contribution in [0.1, 0.15) is 34.9 Å². The first kappa shape index (κ1) is 14.6. The maximum atomic E-state index is 9.49. The van der Waals surface area contributed by atoms with Crippen molar-refractivity contribution in [3.05, 3.63) is 52.0 Å². The molecule has 0 amide bonds. The van der Waals surface area contributed by atoms with Crippen LogP contribution in [0, 0.1) is 29.6 Å². The standard InChI is InChI=1S/C18H15N5/c1-10-13(6-12-4-5-23(3)9-12)16-11(2)15(8-20)18(21)22-17(16)14(10)7-19/h4-6,9H,1-3H3,(H2,21,22)/b13-6+. The smallest absolute Gasteiger partial charge is 0.142 e. The molecule has 5 heteroatoms. The average Bonchev–Trinajstić information content (AvgIpc) is 3.02. The third kappa shape index (κ3) is 2.11. The zero-order chi connectivity index (χ0) is 16.7. The molecular weight excluding hydrogens is 286 g/mol. The van der Waals surface area contributed by atoms with Crippen molar-refractivity contribution < 1.29 is 0 Å². The Balaban J connectivity index is 2.34. The molecule has 2 N–H and O–H groups in total. The summed E-state index contributed by atoms with van der Waals surface area (Å²) in [5, 5.41) is 18.8. The van der Waals surface area contributed by atoms with E-state index in [4.69, 9.17) is 5.73 Å². The molecule has 3 rings (SSSR count). The fraction of sp³-hybridized carbons (Fsp3) is 0.167. The Morgan fingerprint density at radius 1 is 1.26 bits per heavy atom. The SMILES string of the molecule is CC1=C(C#N)c2nc(N)c(C#N)c(C)c2/C1=C/c1ccn(C)c1. The van der Waals surface area contributed by atoms with Crippen LogP contribution in [0.15, 0.2) is 24.0 Å². The molecule has 2 aromatic heterocycles. The predicted octanol–water partition coefficient (Wildman–Crippen LogP) is 3.03. The number of rotatable bonds is 1. The molecule has 0 spiro atoms. The lowest BCUT2D eigenvalue weighted by atomic mass is 9.96. The Morgan fingerprint density at radius 2 is 2.00 bits per heavy atom. The third-order valence-electron chi connectivity index (χ3n) is 4.15. The highest BCUT2D eigenvalue weighted by Crippen LogP contribution is 2.44. The van der Waals surface area contributed by atoms with E-state index in [0.29, 0.717) is 16.8 Å². The molecule has 0 unspecified atom stereocenters. The van der Waals surface area contributed by atoms with Crippen LogP contribution in [0.2, 0.25) is 0 Å². The average molecular weight is 301 g/mol. The van der Waals surface area contributed by atoms with Crippen LogP contribution in [-0.4, -0.2) is 9.55 Å². The molecule has 5 nitrogen and oxygen atoms in total. The van der Waals surface area contributed by atoms with Crippen molar-refractivity contribution in [1.82, 2.24) is 9.55 Å². The fourth-order valence-corrected chi connectivity index (χ4v) is 2.97. The van der Waals surface area contributed by atoms with Crippen LogP contribution in [0.4, 0.5) is 5.82 Å². The number of hydrogen-bond donors (Lipinski definition) is 1. The van der Waals surface area contributed by atoms with Gasteiger partial charge >= 0.3 is 0 Å². The number of fused-ring (bicyclic) bond motifs is 1. The molecule has 0 fully saturated rings. The number of nitrogens with zero attached hydrogens (tertiary/aromatic N) is 4. The van der Waals surface area contributed by atoms with Gasteiger partial charge in [-0.3, -0.25) is 0 Å². The molecule has 0 atom stereocenters. The molecule has 112 valence electrons. The number of allylic oxidation sites excluding steroid dienone is 3. The normalized spacial score (nSPS) is 14.7. The Hall–Kier alpha value is -3.31. The molecule has 0 aromatic carbocycles. The van der Waals surface area contributed by atoms with Gasteiger partial charge in [0.1, 0.15) is 18.0 Å². The van der Waals surface area contributed by atoms with Crippen LogP contribution in [0.5, 0.6) is 0 Å². The van der Waals surface area contributed by atoms with Gasteiger partial charge in [-0.05, 0) is 48.3 Å². The number of nitrogen functional groups attached to an aromatic ring is 1. The lowest BCUT2D eigenvalue weighted by Crippen LogP contribution is -2.03. The highest BCUT2D eigenvalue weighted by molar-refractivity contribution is 6.08. The minimum absolute atomic E-state index is 0.172. The molecule has 23 heavy (non-hydrogen) atoms. The molecule has 1 aliphatic carbocycles. The molecule has 0 bridgehead atoms. The van der Waals surface area contributed by atoms with Gasteiger partial charge in [0.2, 0.25) is 0 Å². The van der Waals surface area contributed by atoms with Crippen molar-refractivity contribution in [3.8, 4) is 12.1 Å². The summed E-state index contributed by atoms with van der Waals surface area (Å²) >= 11 is 0. The number of aromatic nitrogens is 2. The number of nitrogens with two attached hydrogens (primary N) is 1. The summed E-state index contributed by atoms with van der Waals surface area (Å²) in [7, 11) is 1.95. The maximum Gasteiger partial charge on any atom is 0.142 e. The minimum Gasteiger partial charge on any atom is -0.383 e. The summed E-state index contributed by atoms with van der Waals surface area (Å²) in [4.78, 5) is 4.31. The lowest BCUT2D eigenvalue weighted by Gasteiger charge is -2.10. The van der Waals surface area contributed by atoms with Crippen molar-refractivity contribution in [1.29, 1.82) is 10.5 Å². The summed E-state index contributed by atoms with van der Waals surface area (Å²) in [5.41, 5.74) is 11.7. The summed E-state index contributed by atoms with van der Waals surface area (Å²) in [6.45, 7) is 3.75. The predicted molar refractivity (Wildman–Crippen MR) is 89.6 cm³/mol. The van der Waals surface area contributed by atoms with E-state index in [1.54, 1.807) is 0 Å². The van der Waals surface area contributed by atoms with Crippen molar-refractivity contribution in [2.45, 2.75) is 13.8 Å². The number of nitriles is 2. The second-order valence-electron chi connectivity index (χ2n) is 5.61. The molecule has 0 saturated heterocycles. The van der Waals surface area contributed by atoms with Gasteiger partial charge in [0, 0.05) is 25.0 Å². The lowest BCUT2D eigenvalue weighted by molar-refractivity contribution is 0.927. The van der Waals surface area contributed by atoms with Gasteiger partial charge in [0.25, 0.3) is 0 Å². The number of pyridine rings is 1. The largest absolute Gasteiger partial charge is 0.383 e. The van der Waals surface area contributed by atoms with Gasteiger partial charge in [0.15, 0.2) is 0 Å². The van der Waals surface area contributed by atoms with Crippen LogP contribution in [0.3, 0.4) is 0 Å². The molecule has 0 saturated carbocycles. The molecule has 0 aliphatic heterocycles. The van der Waals surface area contributed by atoms with E-state index >= 15 is 0 Å². The second kappa shape index (κ2) is 5.15. The minimum atomic E-state index is 0.172. The van der Waals surface area contributed by atoms with Crippen LogP contribution < -0.4 is 5.73 Å². The number of aryl methyl sites for hydroxylation is 1. The van der Waals surface area contributed by atoms with E-state index in [1.807, 2.05) is 50.0 Å². The van der Waals surface area contributed by atoms with E-state index in [1.165, 1.54) is 0 Å². The zero-order valence-corrected chi connectivity index (χ0v) is 13.2. The van der Waals surface area contributed by atoms with Crippen LogP contribution in [0.25, 0.3) is 17.2 Å². The number of anilines is 1. The fourth-order valence-electron chi connectivity index (χ4n) is 2.97. The molecule has 2 aromatic rings. The highest BCUT2D eigenvalue weighted by Gasteiger charge is 2.29.